The summed E-state index contributed by atoms with van der Waals surface area (Å²) in [6.45, 7) is 4.50. The highest BCUT2D eigenvalue weighted by molar-refractivity contribution is 5.78. The summed E-state index contributed by atoms with van der Waals surface area (Å²) in [4.78, 5) is 6.87. The van der Waals surface area contributed by atoms with E-state index in [1.807, 2.05) is 12.3 Å². The van der Waals surface area contributed by atoms with Crippen LogP contribution >= 0.6 is 0 Å². The van der Waals surface area contributed by atoms with Crippen molar-refractivity contribution in [1.82, 2.24) is 9.88 Å². The first-order valence-corrected chi connectivity index (χ1v) is 7.73. The first-order valence-electron chi connectivity index (χ1n) is 7.73. The number of aromatic nitrogens is 1. The van der Waals surface area contributed by atoms with Crippen LogP contribution < -0.4 is 5.73 Å². The first kappa shape index (κ1) is 14.4. The van der Waals surface area contributed by atoms with Gasteiger partial charge in [0.05, 0.1) is 18.2 Å². The number of ether oxygens (including phenoxy) is 1. The molecule has 0 bridgehead atoms. The molecule has 4 nitrogen and oxygen atoms in total. The van der Waals surface area contributed by atoms with E-state index in [9.17, 15) is 0 Å². The van der Waals surface area contributed by atoms with Crippen molar-refractivity contribution in [1.29, 1.82) is 0 Å². The molecule has 4 heteroatoms. The Labute approximate surface area is 125 Å². The van der Waals surface area contributed by atoms with Crippen molar-refractivity contribution >= 4 is 10.9 Å². The molecule has 1 aliphatic rings. The second-order valence-electron chi connectivity index (χ2n) is 5.67. The van der Waals surface area contributed by atoms with Gasteiger partial charge >= 0.3 is 0 Å². The van der Waals surface area contributed by atoms with E-state index in [2.05, 4.69) is 34.1 Å². The number of pyridine rings is 1. The smallest absolute Gasteiger partial charge is 0.0702 e. The van der Waals surface area contributed by atoms with Gasteiger partial charge in [-0.15, -0.1) is 0 Å². The SMILES string of the molecule is NCCOC1CCN(Cc2ccc3ncccc3c2)CC1. The van der Waals surface area contributed by atoms with Gasteiger partial charge in [-0.1, -0.05) is 12.1 Å². The van der Waals surface area contributed by atoms with E-state index in [4.69, 9.17) is 10.5 Å². The molecular formula is C17H23N3O. The Kier molecular flexibility index (Phi) is 4.80. The van der Waals surface area contributed by atoms with Crippen LogP contribution in [0.25, 0.3) is 10.9 Å². The monoisotopic (exact) mass is 285 g/mol. The number of benzene rings is 1. The molecule has 112 valence electrons. The van der Waals surface area contributed by atoms with Crippen molar-refractivity contribution in [3.63, 3.8) is 0 Å². The molecule has 1 fully saturated rings. The Bertz CT molecular complexity index is 579. The zero-order chi connectivity index (χ0) is 14.5. The van der Waals surface area contributed by atoms with Crippen molar-refractivity contribution in [2.24, 2.45) is 5.73 Å². The maximum Gasteiger partial charge on any atom is 0.0702 e. The number of hydrogen-bond donors (Lipinski definition) is 1. The Balaban J connectivity index is 1.56. The van der Waals surface area contributed by atoms with E-state index in [0.29, 0.717) is 19.3 Å². The molecule has 3 rings (SSSR count). The molecule has 0 amide bonds. The molecule has 0 unspecified atom stereocenters. The number of nitrogens with zero attached hydrogens (tertiary/aromatic N) is 2. The van der Waals surface area contributed by atoms with Gasteiger partial charge in [-0.2, -0.15) is 0 Å². The highest BCUT2D eigenvalue weighted by Crippen LogP contribution is 2.18. The summed E-state index contributed by atoms with van der Waals surface area (Å²) < 4.78 is 5.73. The first-order chi connectivity index (χ1) is 10.3. The Morgan fingerprint density at radius 1 is 1.24 bits per heavy atom. The third-order valence-corrected chi connectivity index (χ3v) is 4.08. The lowest BCUT2D eigenvalue weighted by Gasteiger charge is -2.31. The number of fused-ring (bicyclic) bond motifs is 1. The van der Waals surface area contributed by atoms with Gasteiger partial charge < -0.3 is 10.5 Å². The summed E-state index contributed by atoms with van der Waals surface area (Å²) in [5.41, 5.74) is 7.90. The maximum absolute atomic E-state index is 5.73. The third-order valence-electron chi connectivity index (χ3n) is 4.08. The molecule has 1 aromatic heterocycles. The lowest BCUT2D eigenvalue weighted by molar-refractivity contribution is 0.00979. The molecular weight excluding hydrogens is 262 g/mol. The van der Waals surface area contributed by atoms with Gasteiger partial charge in [0.1, 0.15) is 0 Å². The van der Waals surface area contributed by atoms with Crippen LogP contribution in [0.2, 0.25) is 0 Å². The molecule has 0 atom stereocenters. The zero-order valence-electron chi connectivity index (χ0n) is 12.4. The second kappa shape index (κ2) is 6.98. The van der Waals surface area contributed by atoms with Gasteiger partial charge in [-0.3, -0.25) is 9.88 Å². The van der Waals surface area contributed by atoms with E-state index in [1.165, 1.54) is 10.9 Å². The van der Waals surface area contributed by atoms with Crippen molar-refractivity contribution in [3.05, 3.63) is 42.1 Å². The van der Waals surface area contributed by atoms with Crippen LogP contribution in [0.4, 0.5) is 0 Å². The summed E-state index contributed by atoms with van der Waals surface area (Å²) in [5, 5.41) is 1.22. The molecule has 21 heavy (non-hydrogen) atoms. The third kappa shape index (κ3) is 3.79. The topological polar surface area (TPSA) is 51.4 Å². The summed E-state index contributed by atoms with van der Waals surface area (Å²) in [7, 11) is 0. The van der Waals surface area contributed by atoms with E-state index in [0.717, 1.165) is 38.0 Å². The summed E-state index contributed by atoms with van der Waals surface area (Å²) in [6.07, 6.45) is 4.45. The Morgan fingerprint density at radius 3 is 2.90 bits per heavy atom. The largest absolute Gasteiger partial charge is 0.377 e. The standard InChI is InChI=1S/C17H23N3O/c18-7-11-21-16-5-9-20(10-6-16)13-14-3-4-17-15(12-14)2-1-8-19-17/h1-4,8,12,16H,5-7,9-11,13,18H2. The molecule has 1 saturated heterocycles. The molecule has 0 spiro atoms. The molecule has 0 radical (unpaired) electrons. The Morgan fingerprint density at radius 2 is 2.10 bits per heavy atom. The molecule has 2 N–H and O–H groups in total. The molecule has 0 aliphatic carbocycles. The van der Waals surface area contributed by atoms with Gasteiger partial charge in [-0.25, -0.2) is 0 Å². The molecule has 1 aliphatic heterocycles. The molecule has 2 heterocycles. The van der Waals surface area contributed by atoms with E-state index in [1.54, 1.807) is 0 Å². The van der Waals surface area contributed by atoms with Crippen LogP contribution in [0.1, 0.15) is 18.4 Å². The van der Waals surface area contributed by atoms with Crippen LogP contribution in [0.5, 0.6) is 0 Å². The predicted molar refractivity (Wildman–Crippen MR) is 85.0 cm³/mol. The number of likely N-dealkylation sites (tertiary alicyclic amines) is 1. The number of nitrogens with two attached hydrogens (primary N) is 1. The van der Waals surface area contributed by atoms with Crippen LogP contribution in [-0.4, -0.2) is 42.2 Å². The fourth-order valence-electron chi connectivity index (χ4n) is 2.95. The van der Waals surface area contributed by atoms with Crippen LogP contribution in [0.3, 0.4) is 0 Å². The minimum absolute atomic E-state index is 0.394. The summed E-state index contributed by atoms with van der Waals surface area (Å²) >= 11 is 0. The normalized spacial score (nSPS) is 17.4. The summed E-state index contributed by atoms with van der Waals surface area (Å²) in [5.74, 6) is 0. The quantitative estimate of drug-likeness (QED) is 0.915. The predicted octanol–water partition coefficient (Wildman–Crippen LogP) is 2.17. The van der Waals surface area contributed by atoms with E-state index < -0.39 is 0 Å². The molecule has 2 aromatic rings. The Hall–Kier alpha value is -1.49. The van der Waals surface area contributed by atoms with Crippen LogP contribution in [-0.2, 0) is 11.3 Å². The summed E-state index contributed by atoms with van der Waals surface area (Å²) in [6, 6.07) is 10.7. The lowest BCUT2D eigenvalue weighted by atomic mass is 10.1. The van der Waals surface area contributed by atoms with Crippen LogP contribution in [0, 0.1) is 0 Å². The molecule has 0 saturated carbocycles. The average molecular weight is 285 g/mol. The van der Waals surface area contributed by atoms with E-state index in [-0.39, 0.29) is 0 Å². The van der Waals surface area contributed by atoms with Crippen molar-refractivity contribution in [2.45, 2.75) is 25.5 Å². The van der Waals surface area contributed by atoms with Crippen molar-refractivity contribution in [3.8, 4) is 0 Å². The lowest BCUT2D eigenvalue weighted by Crippen LogP contribution is -2.37. The highest BCUT2D eigenvalue weighted by Gasteiger charge is 2.19. The minimum Gasteiger partial charge on any atom is -0.377 e. The average Bonchev–Trinajstić information content (AvgIpc) is 2.54. The minimum atomic E-state index is 0.394. The molecule has 1 aromatic carbocycles. The number of piperidine rings is 1. The van der Waals surface area contributed by atoms with Crippen molar-refractivity contribution < 1.29 is 4.74 Å². The zero-order valence-corrected chi connectivity index (χ0v) is 12.4. The van der Waals surface area contributed by atoms with Gasteiger partial charge in [0.15, 0.2) is 0 Å². The second-order valence-corrected chi connectivity index (χ2v) is 5.67. The van der Waals surface area contributed by atoms with E-state index >= 15 is 0 Å². The van der Waals surface area contributed by atoms with Crippen molar-refractivity contribution in [2.75, 3.05) is 26.2 Å². The van der Waals surface area contributed by atoms with Gasteiger partial charge in [0, 0.05) is 37.8 Å². The number of rotatable bonds is 5. The maximum atomic E-state index is 5.73. The van der Waals surface area contributed by atoms with Gasteiger partial charge in [0.25, 0.3) is 0 Å². The van der Waals surface area contributed by atoms with Crippen LogP contribution in [0.15, 0.2) is 36.5 Å². The highest BCUT2D eigenvalue weighted by atomic mass is 16.5. The van der Waals surface area contributed by atoms with Gasteiger partial charge in [-0.05, 0) is 36.6 Å². The number of hydrogen-bond acceptors (Lipinski definition) is 4. The van der Waals surface area contributed by atoms with Gasteiger partial charge in [0.2, 0.25) is 0 Å². The fraction of sp³-hybridized carbons (Fsp3) is 0.471. The fourth-order valence-corrected chi connectivity index (χ4v) is 2.95.